The van der Waals surface area contributed by atoms with E-state index in [2.05, 4.69) is 0 Å². The largest absolute Gasteiger partial charge is 0 e. The summed E-state index contributed by atoms with van der Waals surface area (Å²) in [6, 6.07) is 0. The Hall–Kier alpha value is 3.08. The van der Waals surface area contributed by atoms with Crippen LogP contribution in [0.1, 0.15) is 0 Å². The van der Waals surface area contributed by atoms with Gasteiger partial charge in [0, 0.05) is 36.5 Å². The van der Waals surface area contributed by atoms with E-state index in [1.54, 1.807) is 0 Å². The molecule has 0 aromatic heterocycles. The van der Waals surface area contributed by atoms with E-state index in [-0.39, 0.29) is 97.6 Å². The summed E-state index contributed by atoms with van der Waals surface area (Å²) < 4.78 is 0. The Morgan fingerprint density at radius 3 is 1.00 bits per heavy atom. The van der Waals surface area contributed by atoms with Crippen molar-refractivity contribution in [3.8, 4) is 0 Å². The maximum Gasteiger partial charge on any atom is 0 e. The van der Waals surface area contributed by atoms with Crippen molar-refractivity contribution in [3.05, 3.63) is 0 Å². The average Bonchev–Trinajstić information content (AvgIpc) is 0. The van der Waals surface area contributed by atoms with Gasteiger partial charge in [-0.15, -0.1) is 0 Å². The van der Waals surface area contributed by atoms with Gasteiger partial charge in [0.15, 0.2) is 0 Å². The van der Waals surface area contributed by atoms with E-state index in [4.69, 9.17) is 0 Å². The van der Waals surface area contributed by atoms with Crippen molar-refractivity contribution in [2.24, 2.45) is 0 Å². The summed E-state index contributed by atoms with van der Waals surface area (Å²) in [7, 11) is 0. The minimum Gasteiger partial charge on any atom is 0 e. The second-order valence-corrected chi connectivity index (χ2v) is 0. The van der Waals surface area contributed by atoms with E-state index in [0.717, 1.165) is 0 Å². The predicted molar refractivity (Wildman–Crippen MR) is 27.5 cm³/mol. The summed E-state index contributed by atoms with van der Waals surface area (Å²) >= 11 is 0. The fourth-order valence-corrected chi connectivity index (χ4v) is 0. The molecule has 0 aliphatic carbocycles. The minimum atomic E-state index is 0. The Labute approximate surface area is 96.0 Å². The van der Waals surface area contributed by atoms with Gasteiger partial charge >= 0.3 is 47.6 Å². The van der Waals surface area contributed by atoms with E-state index in [0.29, 0.717) is 0 Å². The van der Waals surface area contributed by atoms with Crippen molar-refractivity contribution in [1.29, 1.82) is 0 Å². The molecule has 0 aliphatic rings. The summed E-state index contributed by atoms with van der Waals surface area (Å²) in [5.74, 6) is 0. The first-order valence-corrected chi connectivity index (χ1v) is 0. The van der Waals surface area contributed by atoms with Crippen LogP contribution in [0.5, 0.6) is 0 Å². The summed E-state index contributed by atoms with van der Waals surface area (Å²) in [6.07, 6.45) is 0. The van der Waals surface area contributed by atoms with Crippen LogP contribution >= 0.6 is 13.5 Å². The van der Waals surface area contributed by atoms with Gasteiger partial charge in [0.25, 0.3) is 0 Å². The molecule has 0 saturated carbocycles. The van der Waals surface area contributed by atoms with Gasteiger partial charge in [-0.3, -0.25) is 0 Å². The third kappa shape index (κ3) is 19.3. The van der Waals surface area contributed by atoms with Gasteiger partial charge in [-0.05, 0) is 0 Å². The molecule has 0 unspecified atom stereocenters. The molecule has 0 aromatic carbocycles. The van der Waals surface area contributed by atoms with E-state index in [1.165, 1.54) is 0 Å². The predicted octanol–water partition coefficient (Wildman–Crippen LogP) is -1.72. The molecule has 0 saturated heterocycles. The smallest absolute Gasteiger partial charge is 0 e. The first kappa shape index (κ1) is 42.7. The molecule has 0 atom stereocenters. The summed E-state index contributed by atoms with van der Waals surface area (Å²) in [6.45, 7) is 0. The Balaban J connectivity index is 0. The topological polar surface area (TPSA) is 0 Å². The monoisotopic (exact) mass is 415 g/mol. The Morgan fingerprint density at radius 2 is 1.00 bits per heavy atom. The van der Waals surface area contributed by atoms with Gasteiger partial charge in [-0.1, -0.05) is 0 Å². The van der Waals surface area contributed by atoms with Crippen LogP contribution in [0.25, 0.3) is 0 Å². The SMILES string of the molecule is S.[Cu].[SnH2].[TeH2].[Zn]. The standard InChI is InChI=1S/Cu.H2S.Sn.H2Te.Zn.2H/h;1H2;;1H2;;;. The number of rotatable bonds is 0. The van der Waals surface area contributed by atoms with Crippen LogP contribution in [0.15, 0.2) is 0 Å². The average molecular weight is 413 g/mol. The molecular formula is H6CuSSnTeZn. The van der Waals surface area contributed by atoms with Crippen molar-refractivity contribution in [3.63, 3.8) is 0 Å². The van der Waals surface area contributed by atoms with Gasteiger partial charge < -0.3 is 0 Å². The Kier molecular flexibility index (Phi) is 235. The van der Waals surface area contributed by atoms with E-state index in [9.17, 15) is 0 Å². The second kappa shape index (κ2) is 27.6. The molecule has 0 N–H and O–H groups in total. The fraction of sp³-hybridized carbons (Fsp3) is 0. The van der Waals surface area contributed by atoms with Crippen LogP contribution in [0, 0.1) is 0 Å². The minimum absolute atomic E-state index is 0. The first-order valence-electron chi connectivity index (χ1n) is 0. The molecule has 0 fully saturated rings. The third-order valence-electron chi connectivity index (χ3n) is 0. The van der Waals surface area contributed by atoms with Gasteiger partial charge in [0.2, 0.25) is 0 Å². The molecule has 5 heavy (non-hydrogen) atoms. The molecule has 0 spiro atoms. The molecule has 0 bridgehead atoms. The van der Waals surface area contributed by atoms with Gasteiger partial charge in [-0.2, -0.15) is 13.5 Å². The van der Waals surface area contributed by atoms with Gasteiger partial charge in [-0.25, -0.2) is 0 Å². The van der Waals surface area contributed by atoms with Gasteiger partial charge in [0.1, 0.15) is 0 Å². The van der Waals surface area contributed by atoms with Gasteiger partial charge in [0.05, 0.1) is 0 Å². The molecule has 0 rings (SSSR count). The molecule has 5 heteroatoms. The molecule has 0 aromatic rings. The maximum atomic E-state index is 0. The van der Waals surface area contributed by atoms with E-state index >= 15 is 0 Å². The molecule has 3 radical (unpaired) electrons. The van der Waals surface area contributed by atoms with Crippen LogP contribution in [-0.2, 0) is 36.5 Å². The molecule has 0 aliphatic heterocycles. The quantitative estimate of drug-likeness (QED) is 0.415. The molecule has 0 nitrogen and oxygen atoms in total. The summed E-state index contributed by atoms with van der Waals surface area (Å²) in [5.41, 5.74) is 0. The van der Waals surface area contributed by atoms with Crippen molar-refractivity contribution in [2.75, 3.05) is 0 Å². The fourth-order valence-electron chi connectivity index (χ4n) is 0. The Morgan fingerprint density at radius 1 is 1.00 bits per heavy atom. The summed E-state index contributed by atoms with van der Waals surface area (Å²) in [4.78, 5) is 0. The first-order chi connectivity index (χ1) is 0. The second-order valence-electron chi connectivity index (χ2n) is 0. The summed E-state index contributed by atoms with van der Waals surface area (Å²) in [5, 5.41) is 0. The van der Waals surface area contributed by atoms with E-state index < -0.39 is 0 Å². The third-order valence-corrected chi connectivity index (χ3v) is 0. The Bertz CT molecular complexity index is 11.6. The number of hydrogen-bond acceptors (Lipinski definition) is 0. The van der Waals surface area contributed by atoms with Crippen LogP contribution < -0.4 is 0 Å². The molecule has 0 heterocycles. The number of hydrogen-bond donors (Lipinski definition) is 0. The molecular weight excluding hydrogens is 407 g/mol. The normalized spacial score (nSPS) is 0. The molecule has 35 valence electrons. The zero-order valence-corrected chi connectivity index (χ0v) is 14.5. The van der Waals surface area contributed by atoms with Crippen molar-refractivity contribution < 1.29 is 36.5 Å². The van der Waals surface area contributed by atoms with Crippen molar-refractivity contribution in [1.82, 2.24) is 0 Å². The zero-order valence-electron chi connectivity index (χ0n) is 2.72. The van der Waals surface area contributed by atoms with Crippen molar-refractivity contribution in [2.45, 2.75) is 0 Å². The molecule has 0 amide bonds. The van der Waals surface area contributed by atoms with Crippen LogP contribution in [0.4, 0.5) is 0 Å². The van der Waals surface area contributed by atoms with Crippen LogP contribution in [0.3, 0.4) is 0 Å². The van der Waals surface area contributed by atoms with E-state index in [1.807, 2.05) is 0 Å². The van der Waals surface area contributed by atoms with Crippen molar-refractivity contribution >= 4 is 61.1 Å². The van der Waals surface area contributed by atoms with Crippen LogP contribution in [0.2, 0.25) is 0 Å². The van der Waals surface area contributed by atoms with Crippen LogP contribution in [-0.4, -0.2) is 47.6 Å². The zero-order chi connectivity index (χ0) is 0. The maximum absolute atomic E-state index is 0.